The van der Waals surface area contributed by atoms with Gasteiger partial charge in [-0.1, -0.05) is 35.3 Å². The van der Waals surface area contributed by atoms with Crippen molar-refractivity contribution in [1.29, 1.82) is 0 Å². The quantitative estimate of drug-likeness (QED) is 0.492. The van der Waals surface area contributed by atoms with Crippen LogP contribution in [0.25, 0.3) is 11.3 Å². The second-order valence-corrected chi connectivity index (χ2v) is 6.47. The molecule has 0 saturated heterocycles. The standard InChI is InChI=1S/C19H11Cl2F3N2O2/c20-14-5-6-16(13-4-3-12(8-15(13)21)19(22,23)24)26-17(14)18(27)28-10-11-2-1-7-25-9-11/h1-9H,10H2. The van der Waals surface area contributed by atoms with E-state index in [9.17, 15) is 18.0 Å². The van der Waals surface area contributed by atoms with Crippen molar-refractivity contribution in [3.05, 3.63) is 81.7 Å². The number of hydrogen-bond acceptors (Lipinski definition) is 4. The molecule has 0 aliphatic carbocycles. The van der Waals surface area contributed by atoms with Gasteiger partial charge in [0.2, 0.25) is 0 Å². The maximum Gasteiger partial charge on any atom is 0.416 e. The summed E-state index contributed by atoms with van der Waals surface area (Å²) >= 11 is 12.0. The van der Waals surface area contributed by atoms with Gasteiger partial charge in [0.15, 0.2) is 5.69 Å². The second kappa shape index (κ2) is 8.16. The minimum absolute atomic E-state index is 0.0318. The van der Waals surface area contributed by atoms with Crippen LogP contribution in [0.5, 0.6) is 0 Å². The molecule has 9 heteroatoms. The maximum absolute atomic E-state index is 12.8. The Morgan fingerprint density at radius 2 is 1.86 bits per heavy atom. The molecule has 0 saturated carbocycles. The number of pyridine rings is 2. The Bertz CT molecular complexity index is 1010. The normalized spacial score (nSPS) is 11.3. The monoisotopic (exact) mass is 426 g/mol. The van der Waals surface area contributed by atoms with Crippen LogP contribution in [0.3, 0.4) is 0 Å². The Kier molecular flexibility index (Phi) is 5.86. The Labute approximate surface area is 167 Å². The summed E-state index contributed by atoms with van der Waals surface area (Å²) in [6.07, 6.45) is -1.39. The van der Waals surface area contributed by atoms with E-state index in [4.69, 9.17) is 27.9 Å². The van der Waals surface area contributed by atoms with Crippen molar-refractivity contribution >= 4 is 29.2 Å². The Hall–Kier alpha value is -2.64. The molecular formula is C19H11Cl2F3N2O2. The number of aromatic nitrogens is 2. The molecule has 2 heterocycles. The van der Waals surface area contributed by atoms with E-state index in [0.717, 1.165) is 12.1 Å². The van der Waals surface area contributed by atoms with Crippen molar-refractivity contribution in [2.24, 2.45) is 0 Å². The number of alkyl halides is 3. The highest BCUT2D eigenvalue weighted by atomic mass is 35.5. The van der Waals surface area contributed by atoms with Gasteiger partial charge in [-0.3, -0.25) is 4.98 Å². The lowest BCUT2D eigenvalue weighted by molar-refractivity contribution is -0.137. The van der Waals surface area contributed by atoms with Crippen LogP contribution in [0.2, 0.25) is 10.0 Å². The minimum Gasteiger partial charge on any atom is -0.456 e. The van der Waals surface area contributed by atoms with Crippen molar-refractivity contribution in [2.45, 2.75) is 12.8 Å². The fourth-order valence-electron chi connectivity index (χ4n) is 2.34. The van der Waals surface area contributed by atoms with Crippen molar-refractivity contribution in [1.82, 2.24) is 9.97 Å². The lowest BCUT2D eigenvalue weighted by atomic mass is 10.1. The first-order valence-corrected chi connectivity index (χ1v) is 8.61. The SMILES string of the molecule is O=C(OCc1cccnc1)c1nc(-c2ccc(C(F)(F)F)cc2Cl)ccc1Cl. The van der Waals surface area contributed by atoms with E-state index in [1.807, 2.05) is 0 Å². The summed E-state index contributed by atoms with van der Waals surface area (Å²) in [6, 6.07) is 9.15. The van der Waals surface area contributed by atoms with E-state index in [1.165, 1.54) is 18.2 Å². The molecule has 0 unspecified atom stereocenters. The highest BCUT2D eigenvalue weighted by Crippen LogP contribution is 2.35. The predicted octanol–water partition coefficient (Wildman–Crippen LogP) is 5.83. The zero-order chi connectivity index (χ0) is 20.3. The molecule has 0 radical (unpaired) electrons. The van der Waals surface area contributed by atoms with Crippen molar-refractivity contribution in [2.75, 3.05) is 0 Å². The van der Waals surface area contributed by atoms with Crippen LogP contribution in [0.15, 0.2) is 54.9 Å². The molecule has 3 aromatic rings. The van der Waals surface area contributed by atoms with Gasteiger partial charge in [0.05, 0.1) is 21.3 Å². The van der Waals surface area contributed by atoms with Gasteiger partial charge in [0, 0.05) is 23.5 Å². The average Bonchev–Trinajstić information content (AvgIpc) is 2.67. The molecule has 0 N–H and O–H groups in total. The highest BCUT2D eigenvalue weighted by Gasteiger charge is 2.31. The molecule has 1 aromatic carbocycles. The first kappa shape index (κ1) is 20.1. The summed E-state index contributed by atoms with van der Waals surface area (Å²) in [6.45, 7) is -0.0318. The van der Waals surface area contributed by atoms with Crippen molar-refractivity contribution < 1.29 is 22.7 Å². The van der Waals surface area contributed by atoms with Crippen LogP contribution < -0.4 is 0 Å². The Morgan fingerprint density at radius 3 is 2.50 bits per heavy atom. The molecule has 0 atom stereocenters. The van der Waals surface area contributed by atoms with Gasteiger partial charge in [0.25, 0.3) is 0 Å². The zero-order valence-corrected chi connectivity index (χ0v) is 15.5. The summed E-state index contributed by atoms with van der Waals surface area (Å²) in [5, 5.41) is -0.109. The Morgan fingerprint density at radius 1 is 1.07 bits per heavy atom. The maximum atomic E-state index is 12.8. The number of carbonyl (C=O) groups excluding carboxylic acids is 1. The fraction of sp³-hybridized carbons (Fsp3) is 0.105. The van der Waals surface area contributed by atoms with Gasteiger partial charge in [-0.05, 0) is 30.3 Å². The second-order valence-electron chi connectivity index (χ2n) is 5.66. The third kappa shape index (κ3) is 4.61. The molecule has 0 aliphatic rings. The fourth-order valence-corrected chi connectivity index (χ4v) is 2.79. The topological polar surface area (TPSA) is 52.1 Å². The number of nitrogens with zero attached hydrogens (tertiary/aromatic N) is 2. The van der Waals surface area contributed by atoms with Crippen LogP contribution in [-0.4, -0.2) is 15.9 Å². The van der Waals surface area contributed by atoms with Gasteiger partial charge in [-0.2, -0.15) is 13.2 Å². The summed E-state index contributed by atoms with van der Waals surface area (Å²) in [7, 11) is 0. The number of esters is 1. The van der Waals surface area contributed by atoms with E-state index in [0.29, 0.717) is 5.56 Å². The average molecular weight is 427 g/mol. The number of halogens is 5. The van der Waals surface area contributed by atoms with E-state index >= 15 is 0 Å². The third-order valence-electron chi connectivity index (χ3n) is 3.70. The van der Waals surface area contributed by atoms with Crippen LogP contribution in [0, 0.1) is 0 Å². The van der Waals surface area contributed by atoms with Crippen molar-refractivity contribution in [3.63, 3.8) is 0 Å². The largest absolute Gasteiger partial charge is 0.456 e. The number of rotatable bonds is 4. The Balaban J connectivity index is 1.86. The molecule has 0 amide bonds. The molecule has 0 aliphatic heterocycles. The van der Waals surface area contributed by atoms with Gasteiger partial charge in [-0.25, -0.2) is 9.78 Å². The smallest absolute Gasteiger partial charge is 0.416 e. The summed E-state index contributed by atoms with van der Waals surface area (Å²) < 4.78 is 43.5. The molecule has 2 aromatic heterocycles. The molecule has 144 valence electrons. The molecule has 28 heavy (non-hydrogen) atoms. The molecule has 4 nitrogen and oxygen atoms in total. The first-order chi connectivity index (χ1) is 13.3. The van der Waals surface area contributed by atoms with E-state index in [2.05, 4.69) is 9.97 Å². The summed E-state index contributed by atoms with van der Waals surface area (Å²) in [5.74, 6) is -0.779. The first-order valence-electron chi connectivity index (χ1n) is 7.85. The minimum atomic E-state index is -4.52. The van der Waals surface area contributed by atoms with Gasteiger partial charge >= 0.3 is 12.1 Å². The highest BCUT2D eigenvalue weighted by molar-refractivity contribution is 6.34. The molecular weight excluding hydrogens is 416 g/mol. The number of benzene rings is 1. The van der Waals surface area contributed by atoms with E-state index in [1.54, 1.807) is 24.5 Å². The van der Waals surface area contributed by atoms with Crippen LogP contribution in [-0.2, 0) is 17.5 Å². The number of hydrogen-bond donors (Lipinski definition) is 0. The van der Waals surface area contributed by atoms with Gasteiger partial charge < -0.3 is 4.74 Å². The van der Waals surface area contributed by atoms with Crippen LogP contribution >= 0.6 is 23.2 Å². The van der Waals surface area contributed by atoms with Crippen molar-refractivity contribution in [3.8, 4) is 11.3 Å². The zero-order valence-electron chi connectivity index (χ0n) is 14.0. The van der Waals surface area contributed by atoms with E-state index < -0.39 is 17.7 Å². The predicted molar refractivity (Wildman–Crippen MR) is 98.1 cm³/mol. The number of carbonyl (C=O) groups is 1. The lowest BCUT2D eigenvalue weighted by Gasteiger charge is -2.11. The van der Waals surface area contributed by atoms with Gasteiger partial charge in [-0.15, -0.1) is 0 Å². The molecule has 0 spiro atoms. The molecule has 0 fully saturated rings. The molecule has 0 bridgehead atoms. The number of ether oxygens (including phenoxy) is 1. The lowest BCUT2D eigenvalue weighted by Crippen LogP contribution is -2.09. The summed E-state index contributed by atoms with van der Waals surface area (Å²) in [5.41, 5.74) is 0.0448. The van der Waals surface area contributed by atoms with Crippen LogP contribution in [0.4, 0.5) is 13.2 Å². The summed E-state index contributed by atoms with van der Waals surface area (Å²) in [4.78, 5) is 20.4. The molecule has 3 rings (SSSR count). The van der Waals surface area contributed by atoms with E-state index in [-0.39, 0.29) is 33.6 Å². The van der Waals surface area contributed by atoms with Gasteiger partial charge in [0.1, 0.15) is 6.61 Å². The third-order valence-corrected chi connectivity index (χ3v) is 4.32. The van der Waals surface area contributed by atoms with Crippen LogP contribution in [0.1, 0.15) is 21.6 Å².